The summed E-state index contributed by atoms with van der Waals surface area (Å²) in [4.78, 5) is 49.9. The van der Waals surface area contributed by atoms with E-state index in [9.17, 15) is 14.4 Å². The number of halogens is 1. The highest BCUT2D eigenvalue weighted by atomic mass is 35.5. The molecule has 0 saturated carbocycles. The molecule has 0 aliphatic carbocycles. The molecular weight excluding hydrogens is 508 g/mol. The summed E-state index contributed by atoms with van der Waals surface area (Å²) < 4.78 is -1.10. The number of piperazine rings is 1. The van der Waals surface area contributed by atoms with Crippen LogP contribution in [-0.4, -0.2) is 68.8 Å². The Balaban J connectivity index is 1.61. The standard InChI is InChI=1S/C28H27ClN4O3S/c29-23-10-8-22(9-11-23)26-28(37-24-6-2-1-3-7-24,27(36)32-15-13-31(20-34)14-16-32)17-25(35)33(26)19-21-5-4-12-30-18-21/h1-12,18,20,26H,13-17,19H2. The summed E-state index contributed by atoms with van der Waals surface area (Å²) in [6.07, 6.45) is 4.33. The minimum absolute atomic E-state index is 0.0623. The first-order chi connectivity index (χ1) is 18.0. The highest BCUT2D eigenvalue weighted by molar-refractivity contribution is 8.01. The molecule has 7 nitrogen and oxygen atoms in total. The zero-order valence-corrected chi connectivity index (χ0v) is 21.8. The van der Waals surface area contributed by atoms with Crippen molar-refractivity contribution >= 4 is 41.6 Å². The third kappa shape index (κ3) is 5.22. The van der Waals surface area contributed by atoms with Crippen LogP contribution in [0.5, 0.6) is 0 Å². The second-order valence-corrected chi connectivity index (χ2v) is 11.1. The highest BCUT2D eigenvalue weighted by Crippen LogP contribution is 2.54. The Morgan fingerprint density at radius 2 is 1.76 bits per heavy atom. The van der Waals surface area contributed by atoms with E-state index in [2.05, 4.69) is 4.98 Å². The quantitative estimate of drug-likeness (QED) is 0.428. The van der Waals surface area contributed by atoms with E-state index in [1.807, 2.05) is 54.6 Å². The molecule has 9 heteroatoms. The number of benzene rings is 2. The third-order valence-corrected chi connectivity index (χ3v) is 8.57. The third-order valence-electron chi connectivity index (χ3n) is 6.90. The van der Waals surface area contributed by atoms with Crippen LogP contribution in [-0.2, 0) is 20.9 Å². The molecule has 190 valence electrons. The fourth-order valence-corrected chi connectivity index (χ4v) is 6.73. The number of carbonyl (C=O) groups excluding carboxylic acids is 3. The van der Waals surface area contributed by atoms with Crippen LogP contribution in [0.2, 0.25) is 5.02 Å². The molecule has 2 atom stereocenters. The summed E-state index contributed by atoms with van der Waals surface area (Å²) in [5, 5.41) is 0.588. The Kier molecular flexibility index (Phi) is 7.48. The van der Waals surface area contributed by atoms with E-state index in [4.69, 9.17) is 11.6 Å². The monoisotopic (exact) mass is 534 g/mol. The maximum Gasteiger partial charge on any atom is 0.242 e. The number of amides is 3. The molecule has 2 aromatic carbocycles. The summed E-state index contributed by atoms with van der Waals surface area (Å²) >= 11 is 7.67. The Labute approximate surface area is 225 Å². The van der Waals surface area contributed by atoms with Crippen molar-refractivity contribution in [1.29, 1.82) is 0 Å². The zero-order chi connectivity index (χ0) is 25.8. The van der Waals surface area contributed by atoms with E-state index < -0.39 is 10.8 Å². The van der Waals surface area contributed by atoms with Crippen molar-refractivity contribution in [2.24, 2.45) is 0 Å². The van der Waals surface area contributed by atoms with E-state index in [0.717, 1.165) is 22.4 Å². The maximum absolute atomic E-state index is 14.5. The van der Waals surface area contributed by atoms with Crippen molar-refractivity contribution in [2.75, 3.05) is 26.2 Å². The molecule has 2 fully saturated rings. The van der Waals surface area contributed by atoms with Gasteiger partial charge in [-0.3, -0.25) is 19.4 Å². The van der Waals surface area contributed by atoms with Gasteiger partial charge in [-0.15, -0.1) is 11.8 Å². The van der Waals surface area contributed by atoms with Gasteiger partial charge in [-0.25, -0.2) is 0 Å². The first-order valence-corrected chi connectivity index (χ1v) is 13.4. The number of hydrogen-bond donors (Lipinski definition) is 0. The SMILES string of the molecule is O=CN1CCN(C(=O)C2(Sc3ccccc3)CC(=O)N(Cc3cccnc3)C2c2ccc(Cl)cc2)CC1. The lowest BCUT2D eigenvalue weighted by atomic mass is 9.90. The number of nitrogens with zero attached hydrogens (tertiary/aromatic N) is 4. The van der Waals surface area contributed by atoms with Gasteiger partial charge >= 0.3 is 0 Å². The highest BCUT2D eigenvalue weighted by Gasteiger charge is 2.59. The number of hydrogen-bond acceptors (Lipinski definition) is 5. The lowest BCUT2D eigenvalue weighted by Crippen LogP contribution is -2.56. The first kappa shape index (κ1) is 25.3. The molecule has 3 amide bonds. The van der Waals surface area contributed by atoms with Gasteiger partial charge in [0, 0.05) is 55.0 Å². The van der Waals surface area contributed by atoms with E-state index in [1.165, 1.54) is 11.8 Å². The Bertz CT molecular complexity index is 1250. The van der Waals surface area contributed by atoms with Crippen LogP contribution < -0.4 is 0 Å². The smallest absolute Gasteiger partial charge is 0.242 e. The summed E-state index contributed by atoms with van der Waals surface area (Å²) in [6, 6.07) is 20.4. The molecule has 2 saturated heterocycles. The van der Waals surface area contributed by atoms with Crippen molar-refractivity contribution in [1.82, 2.24) is 19.7 Å². The van der Waals surface area contributed by atoms with Crippen molar-refractivity contribution in [3.63, 3.8) is 0 Å². The van der Waals surface area contributed by atoms with Gasteiger partial charge in [-0.1, -0.05) is 48.0 Å². The molecule has 0 bridgehead atoms. The molecular formula is C28H27ClN4O3S. The van der Waals surface area contributed by atoms with Gasteiger partial charge in [-0.2, -0.15) is 0 Å². The number of carbonyl (C=O) groups is 3. The second kappa shape index (κ2) is 10.9. The van der Waals surface area contributed by atoms with Crippen LogP contribution in [0.4, 0.5) is 0 Å². The number of pyridine rings is 1. The van der Waals surface area contributed by atoms with Crippen LogP contribution in [0.3, 0.4) is 0 Å². The minimum atomic E-state index is -1.10. The van der Waals surface area contributed by atoms with E-state index >= 15 is 0 Å². The molecule has 1 aromatic heterocycles. The zero-order valence-electron chi connectivity index (χ0n) is 20.2. The molecule has 0 N–H and O–H groups in total. The van der Waals surface area contributed by atoms with E-state index in [1.54, 1.807) is 39.2 Å². The van der Waals surface area contributed by atoms with Gasteiger partial charge in [0.25, 0.3) is 0 Å². The fourth-order valence-electron chi connectivity index (χ4n) is 5.11. The second-order valence-electron chi connectivity index (χ2n) is 9.25. The minimum Gasteiger partial charge on any atom is -0.342 e. The number of thioether (sulfide) groups is 1. The number of rotatable bonds is 7. The Hall–Kier alpha value is -3.36. The number of aromatic nitrogens is 1. The number of likely N-dealkylation sites (tertiary alicyclic amines) is 1. The van der Waals surface area contributed by atoms with Crippen molar-refractivity contribution in [2.45, 2.75) is 28.6 Å². The van der Waals surface area contributed by atoms with E-state index in [-0.39, 0.29) is 18.2 Å². The van der Waals surface area contributed by atoms with Crippen LogP contribution in [0, 0.1) is 0 Å². The molecule has 5 rings (SSSR count). The van der Waals surface area contributed by atoms with Gasteiger partial charge in [0.1, 0.15) is 4.75 Å². The van der Waals surface area contributed by atoms with Crippen molar-refractivity contribution < 1.29 is 14.4 Å². The predicted octanol–water partition coefficient (Wildman–Crippen LogP) is 4.04. The molecule has 3 aromatic rings. The van der Waals surface area contributed by atoms with Gasteiger partial charge < -0.3 is 14.7 Å². The van der Waals surface area contributed by atoms with Crippen molar-refractivity contribution in [3.8, 4) is 0 Å². The lowest BCUT2D eigenvalue weighted by Gasteiger charge is -2.42. The topological polar surface area (TPSA) is 73.8 Å². The van der Waals surface area contributed by atoms with Crippen molar-refractivity contribution in [3.05, 3.63) is 95.3 Å². The summed E-state index contributed by atoms with van der Waals surface area (Å²) in [5.74, 6) is -0.180. The summed E-state index contributed by atoms with van der Waals surface area (Å²) in [5.41, 5.74) is 1.74. The fraction of sp³-hybridized carbons (Fsp3) is 0.286. The molecule has 0 radical (unpaired) electrons. The molecule has 37 heavy (non-hydrogen) atoms. The Morgan fingerprint density at radius 3 is 2.41 bits per heavy atom. The van der Waals surface area contributed by atoms with Crippen LogP contribution in [0.1, 0.15) is 23.6 Å². The van der Waals surface area contributed by atoms with Crippen LogP contribution in [0.15, 0.2) is 84.0 Å². The van der Waals surface area contributed by atoms with Crippen LogP contribution >= 0.6 is 23.4 Å². The molecule has 2 aliphatic rings. The lowest BCUT2D eigenvalue weighted by molar-refractivity contribution is -0.138. The molecule has 2 unspecified atom stereocenters. The molecule has 2 aliphatic heterocycles. The maximum atomic E-state index is 14.5. The van der Waals surface area contributed by atoms with E-state index in [0.29, 0.717) is 37.7 Å². The summed E-state index contributed by atoms with van der Waals surface area (Å²) in [7, 11) is 0. The van der Waals surface area contributed by atoms with Gasteiger partial charge in [0.15, 0.2) is 0 Å². The van der Waals surface area contributed by atoms with Gasteiger partial charge in [0.2, 0.25) is 18.2 Å². The Morgan fingerprint density at radius 1 is 1.03 bits per heavy atom. The molecule has 3 heterocycles. The van der Waals surface area contributed by atoms with Gasteiger partial charge in [-0.05, 0) is 41.5 Å². The predicted molar refractivity (Wildman–Crippen MR) is 143 cm³/mol. The summed E-state index contributed by atoms with van der Waals surface area (Å²) in [6.45, 7) is 2.14. The normalized spacial score (nSPS) is 21.8. The average Bonchev–Trinajstić information content (AvgIpc) is 3.21. The average molecular weight is 535 g/mol. The van der Waals surface area contributed by atoms with Crippen LogP contribution in [0.25, 0.3) is 0 Å². The van der Waals surface area contributed by atoms with Gasteiger partial charge in [0.05, 0.1) is 12.5 Å². The first-order valence-electron chi connectivity index (χ1n) is 12.2. The largest absolute Gasteiger partial charge is 0.342 e. The molecule has 0 spiro atoms.